The minimum Gasteiger partial charge on any atom is -0.374 e. The van der Waals surface area contributed by atoms with Gasteiger partial charge in [0.05, 0.1) is 29.2 Å². The fraction of sp³-hybridized carbons (Fsp3) is 0.133. The zero-order valence-corrected chi connectivity index (χ0v) is 14.1. The number of nitrogens with zero attached hydrogens (tertiary/aromatic N) is 3. The van der Waals surface area contributed by atoms with E-state index in [2.05, 4.69) is 19.1 Å². The molecule has 0 amide bonds. The summed E-state index contributed by atoms with van der Waals surface area (Å²) in [6.07, 6.45) is -1.86. The van der Waals surface area contributed by atoms with Crippen molar-refractivity contribution < 1.29 is 38.9 Å². The summed E-state index contributed by atoms with van der Waals surface area (Å²) in [5, 5.41) is -0.198. The van der Waals surface area contributed by atoms with Crippen molar-refractivity contribution >= 4 is 21.0 Å². The maximum atomic E-state index is 13.1. The molecule has 148 valence electrons. The molecule has 0 atom stereocenters. The Hall–Kier alpha value is -2.96. The lowest BCUT2D eigenvalue weighted by molar-refractivity contribution is -0.137. The molecule has 13 heteroatoms. The summed E-state index contributed by atoms with van der Waals surface area (Å²) >= 11 is 0. The second kappa shape index (κ2) is 6.58. The molecule has 6 nitrogen and oxygen atoms in total. The van der Waals surface area contributed by atoms with Crippen LogP contribution in [0.4, 0.5) is 26.3 Å². The lowest BCUT2D eigenvalue weighted by atomic mass is 10.1. The SMILES string of the molecule is O=S(=O)(Oc1cncc2nc(-c3ncccc3C(F)(F)F)ccc12)C(F)(F)F. The number of hydrogen-bond acceptors (Lipinski definition) is 6. The van der Waals surface area contributed by atoms with Gasteiger partial charge in [-0.25, -0.2) is 4.98 Å². The quantitative estimate of drug-likeness (QED) is 0.361. The van der Waals surface area contributed by atoms with Crippen LogP contribution in [0.1, 0.15) is 5.56 Å². The van der Waals surface area contributed by atoms with Gasteiger partial charge in [-0.3, -0.25) is 9.97 Å². The van der Waals surface area contributed by atoms with E-state index in [0.29, 0.717) is 0 Å². The van der Waals surface area contributed by atoms with E-state index in [4.69, 9.17) is 0 Å². The highest BCUT2D eigenvalue weighted by atomic mass is 32.2. The van der Waals surface area contributed by atoms with Gasteiger partial charge in [-0.05, 0) is 24.3 Å². The fourth-order valence-electron chi connectivity index (χ4n) is 2.23. The fourth-order valence-corrected chi connectivity index (χ4v) is 2.69. The van der Waals surface area contributed by atoms with E-state index in [0.717, 1.165) is 42.9 Å². The predicted octanol–water partition coefficient (Wildman–Crippen LogP) is 3.94. The maximum absolute atomic E-state index is 13.1. The van der Waals surface area contributed by atoms with E-state index in [-0.39, 0.29) is 16.6 Å². The normalized spacial score (nSPS) is 12.9. The van der Waals surface area contributed by atoms with Crippen molar-refractivity contribution in [1.29, 1.82) is 0 Å². The van der Waals surface area contributed by atoms with E-state index in [1.807, 2.05) is 0 Å². The molecule has 0 aliphatic heterocycles. The average molecular weight is 423 g/mol. The van der Waals surface area contributed by atoms with E-state index in [1.165, 1.54) is 0 Å². The Morgan fingerprint density at radius 3 is 2.32 bits per heavy atom. The first-order chi connectivity index (χ1) is 12.9. The topological polar surface area (TPSA) is 82.0 Å². The van der Waals surface area contributed by atoms with Crippen LogP contribution in [0, 0.1) is 0 Å². The molecular formula is C15H7F6N3O3S. The van der Waals surface area contributed by atoms with Crippen LogP contribution in [-0.4, -0.2) is 28.9 Å². The van der Waals surface area contributed by atoms with Crippen LogP contribution in [0.25, 0.3) is 22.3 Å². The number of halogens is 6. The first-order valence-electron chi connectivity index (χ1n) is 7.18. The van der Waals surface area contributed by atoms with Crippen molar-refractivity contribution in [2.75, 3.05) is 0 Å². The van der Waals surface area contributed by atoms with Crippen molar-refractivity contribution in [2.45, 2.75) is 11.7 Å². The number of fused-ring (bicyclic) bond motifs is 1. The second-order valence-electron chi connectivity index (χ2n) is 5.28. The van der Waals surface area contributed by atoms with E-state index in [1.54, 1.807) is 0 Å². The standard InChI is InChI=1S/C15H7F6N3O3S/c16-14(17,18)9-2-1-5-23-13(9)10-4-3-8-11(24-10)6-22-7-12(8)27-28(25,26)15(19,20)21/h1-7H. The molecule has 28 heavy (non-hydrogen) atoms. The highest BCUT2D eigenvalue weighted by molar-refractivity contribution is 7.88. The molecule has 0 aliphatic rings. The zero-order chi connectivity index (χ0) is 20.7. The molecule has 0 aromatic carbocycles. The van der Waals surface area contributed by atoms with Crippen molar-refractivity contribution in [2.24, 2.45) is 0 Å². The maximum Gasteiger partial charge on any atom is 0.534 e. The third-order valence-electron chi connectivity index (χ3n) is 3.42. The molecule has 0 N–H and O–H groups in total. The first kappa shape index (κ1) is 19.8. The summed E-state index contributed by atoms with van der Waals surface area (Å²) in [6.45, 7) is 0. The molecule has 3 aromatic rings. The molecule has 0 saturated heterocycles. The van der Waals surface area contributed by atoms with Gasteiger partial charge in [0.25, 0.3) is 0 Å². The summed E-state index contributed by atoms with van der Waals surface area (Å²) in [6, 6.07) is 3.99. The summed E-state index contributed by atoms with van der Waals surface area (Å²) in [5.74, 6) is -0.772. The van der Waals surface area contributed by atoms with Gasteiger partial charge in [-0.15, -0.1) is 0 Å². The van der Waals surface area contributed by atoms with Gasteiger partial charge in [-0.2, -0.15) is 34.8 Å². The Morgan fingerprint density at radius 1 is 0.964 bits per heavy atom. The van der Waals surface area contributed by atoms with Gasteiger partial charge in [0.2, 0.25) is 0 Å². The Kier molecular flexibility index (Phi) is 4.65. The van der Waals surface area contributed by atoms with Gasteiger partial charge in [0.1, 0.15) is 5.69 Å². The largest absolute Gasteiger partial charge is 0.534 e. The number of hydrogen-bond donors (Lipinski definition) is 0. The molecule has 0 bridgehead atoms. The van der Waals surface area contributed by atoms with E-state index in [9.17, 15) is 34.8 Å². The number of rotatable bonds is 3. The van der Waals surface area contributed by atoms with Crippen LogP contribution in [-0.2, 0) is 16.3 Å². The van der Waals surface area contributed by atoms with Crippen LogP contribution in [0.2, 0.25) is 0 Å². The van der Waals surface area contributed by atoms with Crippen molar-refractivity contribution in [3.63, 3.8) is 0 Å². The van der Waals surface area contributed by atoms with E-state index >= 15 is 0 Å². The van der Waals surface area contributed by atoms with Crippen LogP contribution in [0.15, 0.2) is 42.9 Å². The van der Waals surface area contributed by atoms with Gasteiger partial charge < -0.3 is 4.18 Å². The van der Waals surface area contributed by atoms with Crippen LogP contribution in [0.5, 0.6) is 5.75 Å². The molecule has 3 rings (SSSR count). The first-order valence-corrected chi connectivity index (χ1v) is 8.59. The number of aromatic nitrogens is 3. The summed E-state index contributed by atoms with van der Waals surface area (Å²) < 4.78 is 103. The molecule has 0 aliphatic carbocycles. The minimum absolute atomic E-state index is 0.189. The molecule has 0 fully saturated rings. The number of alkyl halides is 6. The van der Waals surface area contributed by atoms with Gasteiger partial charge in [0.15, 0.2) is 5.75 Å². The van der Waals surface area contributed by atoms with Crippen molar-refractivity contribution in [3.05, 3.63) is 48.4 Å². The van der Waals surface area contributed by atoms with Crippen LogP contribution in [0.3, 0.4) is 0 Å². The van der Waals surface area contributed by atoms with Crippen molar-refractivity contribution in [1.82, 2.24) is 15.0 Å². The third kappa shape index (κ3) is 3.69. The Morgan fingerprint density at radius 2 is 1.68 bits per heavy atom. The molecule has 0 unspecified atom stereocenters. The van der Waals surface area contributed by atoms with Gasteiger partial charge in [0, 0.05) is 11.6 Å². The zero-order valence-electron chi connectivity index (χ0n) is 13.3. The Bertz CT molecular complexity index is 1150. The molecule has 3 heterocycles. The second-order valence-corrected chi connectivity index (χ2v) is 6.82. The molecule has 0 spiro atoms. The smallest absolute Gasteiger partial charge is 0.374 e. The highest BCUT2D eigenvalue weighted by Crippen LogP contribution is 2.36. The molecular weight excluding hydrogens is 416 g/mol. The monoisotopic (exact) mass is 423 g/mol. The van der Waals surface area contributed by atoms with Crippen LogP contribution >= 0.6 is 0 Å². The summed E-state index contributed by atoms with van der Waals surface area (Å²) in [5.41, 5.74) is -7.67. The Balaban J connectivity index is 2.11. The van der Waals surface area contributed by atoms with Gasteiger partial charge >= 0.3 is 21.8 Å². The minimum atomic E-state index is -5.96. The molecule has 0 radical (unpaired) electrons. The van der Waals surface area contributed by atoms with E-state index < -0.39 is 38.8 Å². The number of pyridine rings is 3. The summed E-state index contributed by atoms with van der Waals surface area (Å²) in [4.78, 5) is 11.1. The average Bonchev–Trinajstić information content (AvgIpc) is 2.59. The lowest BCUT2D eigenvalue weighted by Crippen LogP contribution is -2.28. The summed E-state index contributed by atoms with van der Waals surface area (Å²) in [7, 11) is -5.96. The molecule has 3 aromatic heterocycles. The van der Waals surface area contributed by atoms with Crippen molar-refractivity contribution in [3.8, 4) is 17.1 Å². The predicted molar refractivity (Wildman–Crippen MR) is 83.4 cm³/mol. The highest BCUT2D eigenvalue weighted by Gasteiger charge is 2.48. The van der Waals surface area contributed by atoms with Crippen LogP contribution < -0.4 is 4.18 Å². The molecule has 0 saturated carbocycles. The van der Waals surface area contributed by atoms with Gasteiger partial charge in [-0.1, -0.05) is 0 Å². The Labute approximate surface area is 153 Å². The third-order valence-corrected chi connectivity index (χ3v) is 4.38. The lowest BCUT2D eigenvalue weighted by Gasteiger charge is -2.13.